The van der Waals surface area contributed by atoms with Crippen LogP contribution in [0.3, 0.4) is 0 Å². The van der Waals surface area contributed by atoms with Crippen LogP contribution >= 0.6 is 7.92 Å². The highest BCUT2D eigenvalue weighted by Crippen LogP contribution is 2.46. The Kier molecular flexibility index (Phi) is 9.84. The maximum Gasteiger partial charge on any atom is 0.203 e. The summed E-state index contributed by atoms with van der Waals surface area (Å²) in [5, 5.41) is 0.193. The molecule has 29 heavy (non-hydrogen) atoms. The van der Waals surface area contributed by atoms with E-state index in [1.54, 1.807) is 6.92 Å². The molecule has 2 nitrogen and oxygen atoms in total. The predicted octanol–water partition coefficient (Wildman–Crippen LogP) is 6.59. The minimum absolute atomic E-state index is 0.0632. The third-order valence-electron chi connectivity index (χ3n) is 3.93. The lowest BCUT2D eigenvalue weighted by molar-refractivity contribution is 0.308. The summed E-state index contributed by atoms with van der Waals surface area (Å²) in [6.45, 7) is 10.9. The van der Waals surface area contributed by atoms with E-state index in [1.807, 2.05) is 27.7 Å². The molecule has 162 valence electrons. The number of rotatable bonds is 4. The van der Waals surface area contributed by atoms with Crippen molar-refractivity contribution >= 4 is 13.2 Å². The van der Waals surface area contributed by atoms with Crippen LogP contribution < -0.4 is 14.8 Å². The largest absolute Gasteiger partial charge is 0.490 e. The van der Waals surface area contributed by atoms with Gasteiger partial charge in [-0.1, -0.05) is 27.7 Å². The highest BCUT2D eigenvalue weighted by molar-refractivity contribution is 7.66. The van der Waals surface area contributed by atoms with Crippen LogP contribution in [-0.2, 0) is 0 Å². The Bertz CT molecular complexity index is 843. The summed E-state index contributed by atoms with van der Waals surface area (Å²) in [6, 6.07) is 1.91. The minimum Gasteiger partial charge on any atom is -0.490 e. The monoisotopic (exact) mass is 436 g/mol. The zero-order chi connectivity index (χ0) is 22.3. The summed E-state index contributed by atoms with van der Waals surface area (Å²) in [7, 11) is -1.20. The first-order valence-electron chi connectivity index (χ1n) is 9.44. The van der Waals surface area contributed by atoms with Gasteiger partial charge in [0.25, 0.3) is 0 Å². The van der Waals surface area contributed by atoms with Gasteiger partial charge in [-0.25, -0.2) is 17.6 Å². The van der Waals surface area contributed by atoms with Crippen molar-refractivity contribution in [1.29, 1.82) is 0 Å². The van der Waals surface area contributed by atoms with Crippen LogP contribution in [-0.4, -0.2) is 19.1 Å². The number of fused-ring (bicyclic) bond motifs is 1. The average molecular weight is 436 g/mol. The standard InChI is InChI=1S/C17H14F5O2P.2C2H6/c1-8-5-10(18)12(20)14(22)15(8)23-3-4-25-7-24-16-9(2)6-11(19)13(21)17(16)25;2*1-2/h5-6H,3-4,7H2,1-2H3;2*1-2H3. The maximum atomic E-state index is 14.1. The minimum atomic E-state index is -1.61. The summed E-state index contributed by atoms with van der Waals surface area (Å²) in [6.07, 6.45) is 0.467. The van der Waals surface area contributed by atoms with Gasteiger partial charge in [0.1, 0.15) is 12.1 Å². The summed E-state index contributed by atoms with van der Waals surface area (Å²) in [4.78, 5) is 0. The number of aryl methyl sites for hydroxylation is 2. The van der Waals surface area contributed by atoms with E-state index in [9.17, 15) is 22.0 Å². The van der Waals surface area contributed by atoms with Crippen LogP contribution in [0.1, 0.15) is 38.8 Å². The van der Waals surface area contributed by atoms with E-state index in [2.05, 4.69) is 0 Å². The van der Waals surface area contributed by atoms with Gasteiger partial charge >= 0.3 is 0 Å². The van der Waals surface area contributed by atoms with E-state index >= 15 is 0 Å². The SMILES string of the molecule is CC.CC.Cc1cc(F)c(F)c(F)c1OCCP1COc2c(C)cc(F)c(F)c21. The fraction of sp³-hybridized carbons (Fsp3) is 0.429. The number of hydrogen-bond donors (Lipinski definition) is 0. The molecule has 0 spiro atoms. The van der Waals surface area contributed by atoms with E-state index in [4.69, 9.17) is 9.47 Å². The smallest absolute Gasteiger partial charge is 0.203 e. The van der Waals surface area contributed by atoms with Crippen molar-refractivity contribution in [3.63, 3.8) is 0 Å². The van der Waals surface area contributed by atoms with E-state index in [0.29, 0.717) is 11.3 Å². The van der Waals surface area contributed by atoms with E-state index in [-0.39, 0.29) is 35.7 Å². The molecule has 2 aromatic carbocycles. The topological polar surface area (TPSA) is 18.5 Å². The van der Waals surface area contributed by atoms with Crippen molar-refractivity contribution in [1.82, 2.24) is 0 Å². The molecule has 1 heterocycles. The fourth-order valence-corrected chi connectivity index (χ4v) is 4.69. The van der Waals surface area contributed by atoms with Gasteiger partial charge in [-0.15, -0.1) is 0 Å². The molecule has 0 bridgehead atoms. The van der Waals surface area contributed by atoms with Gasteiger partial charge in [0.05, 0.1) is 11.9 Å². The van der Waals surface area contributed by atoms with Crippen molar-refractivity contribution in [3.8, 4) is 11.5 Å². The van der Waals surface area contributed by atoms with Gasteiger partial charge in [0, 0.05) is 6.16 Å². The Morgan fingerprint density at radius 3 is 2.03 bits per heavy atom. The number of ether oxygens (including phenoxy) is 2. The van der Waals surface area contributed by atoms with Crippen LogP contribution in [0.4, 0.5) is 22.0 Å². The molecule has 0 amide bonds. The lowest BCUT2D eigenvalue weighted by atomic mass is 10.2. The summed E-state index contributed by atoms with van der Waals surface area (Å²) in [5.41, 5.74) is 0.614. The summed E-state index contributed by atoms with van der Waals surface area (Å²) < 4.78 is 78.5. The van der Waals surface area contributed by atoms with Gasteiger partial charge < -0.3 is 9.47 Å². The molecule has 1 unspecified atom stereocenters. The molecule has 3 rings (SSSR count). The Balaban J connectivity index is 0.000000989. The second-order valence-corrected chi connectivity index (χ2v) is 7.92. The first kappa shape index (κ1) is 25.2. The normalized spacial score (nSPS) is 14.1. The summed E-state index contributed by atoms with van der Waals surface area (Å²) >= 11 is 0. The Hall–Kier alpha value is -1.88. The second kappa shape index (κ2) is 11.3. The quantitative estimate of drug-likeness (QED) is 0.306. The fourth-order valence-electron chi connectivity index (χ4n) is 2.70. The van der Waals surface area contributed by atoms with Crippen molar-refractivity contribution in [2.45, 2.75) is 41.5 Å². The first-order valence-corrected chi connectivity index (χ1v) is 11.2. The van der Waals surface area contributed by atoms with Crippen molar-refractivity contribution in [2.24, 2.45) is 0 Å². The van der Waals surface area contributed by atoms with Crippen LogP contribution in [0, 0.1) is 42.9 Å². The molecule has 0 aliphatic carbocycles. The van der Waals surface area contributed by atoms with Gasteiger partial charge in [0.15, 0.2) is 29.0 Å². The number of halogens is 5. The Labute approximate surface area is 169 Å². The maximum absolute atomic E-state index is 14.1. The van der Waals surface area contributed by atoms with Gasteiger partial charge in [-0.05, 0) is 45.0 Å². The Morgan fingerprint density at radius 2 is 1.41 bits per heavy atom. The predicted molar refractivity (Wildman–Crippen MR) is 107 cm³/mol. The van der Waals surface area contributed by atoms with E-state index < -0.39 is 37.0 Å². The molecule has 1 aliphatic heterocycles. The second-order valence-electron chi connectivity index (χ2n) is 5.68. The molecule has 1 atom stereocenters. The molecule has 0 fully saturated rings. The molecular formula is C21H26F5O2P. The molecule has 0 N–H and O–H groups in total. The molecule has 2 aromatic rings. The number of hydrogen-bond acceptors (Lipinski definition) is 2. The first-order chi connectivity index (χ1) is 13.8. The molecule has 0 saturated carbocycles. The lowest BCUT2D eigenvalue weighted by Gasteiger charge is -2.14. The number of benzene rings is 2. The molecule has 0 saturated heterocycles. The van der Waals surface area contributed by atoms with Crippen molar-refractivity contribution in [2.75, 3.05) is 19.1 Å². The zero-order valence-corrected chi connectivity index (χ0v) is 18.3. The van der Waals surface area contributed by atoms with Crippen molar-refractivity contribution in [3.05, 3.63) is 52.3 Å². The molecular weight excluding hydrogens is 410 g/mol. The van der Waals surface area contributed by atoms with Gasteiger partial charge in [-0.2, -0.15) is 4.39 Å². The third-order valence-corrected chi connectivity index (χ3v) is 6.12. The molecule has 8 heteroatoms. The highest BCUT2D eigenvalue weighted by Gasteiger charge is 2.31. The summed E-state index contributed by atoms with van der Waals surface area (Å²) in [5.74, 6) is -6.24. The highest BCUT2D eigenvalue weighted by atomic mass is 31.1. The molecule has 0 radical (unpaired) electrons. The third kappa shape index (κ3) is 5.39. The molecule has 1 aliphatic rings. The van der Waals surface area contributed by atoms with Crippen LogP contribution in [0.5, 0.6) is 11.5 Å². The van der Waals surface area contributed by atoms with Crippen LogP contribution in [0.25, 0.3) is 0 Å². The van der Waals surface area contributed by atoms with Crippen LogP contribution in [0.15, 0.2) is 12.1 Å². The zero-order valence-electron chi connectivity index (χ0n) is 17.4. The van der Waals surface area contributed by atoms with Crippen LogP contribution in [0.2, 0.25) is 0 Å². The van der Waals surface area contributed by atoms with E-state index in [1.165, 1.54) is 6.92 Å². The van der Waals surface area contributed by atoms with Crippen molar-refractivity contribution < 1.29 is 31.4 Å². The lowest BCUT2D eigenvalue weighted by Crippen LogP contribution is -2.13. The average Bonchev–Trinajstić information content (AvgIpc) is 3.15. The van der Waals surface area contributed by atoms with Gasteiger partial charge in [0.2, 0.25) is 5.82 Å². The molecule has 0 aromatic heterocycles. The Morgan fingerprint density at radius 1 is 0.862 bits per heavy atom. The van der Waals surface area contributed by atoms with E-state index in [0.717, 1.165) is 12.1 Å². The van der Waals surface area contributed by atoms with Gasteiger partial charge in [-0.3, -0.25) is 0 Å².